The lowest BCUT2D eigenvalue weighted by atomic mass is 10.1. The van der Waals surface area contributed by atoms with Gasteiger partial charge < -0.3 is 5.32 Å². The predicted molar refractivity (Wildman–Crippen MR) is 76.8 cm³/mol. The second kappa shape index (κ2) is 7.01. The van der Waals surface area contributed by atoms with Crippen molar-refractivity contribution in [1.82, 2.24) is 25.2 Å². The molecular formula is C14H27N5. The van der Waals surface area contributed by atoms with Crippen molar-refractivity contribution in [2.75, 3.05) is 19.6 Å². The van der Waals surface area contributed by atoms with E-state index in [1.165, 1.54) is 13.0 Å². The van der Waals surface area contributed by atoms with E-state index in [9.17, 15) is 0 Å². The summed E-state index contributed by atoms with van der Waals surface area (Å²) in [6.07, 6.45) is 4.54. The molecule has 0 aromatic carbocycles. The molecule has 1 N–H and O–H groups in total. The first kappa shape index (κ1) is 14.5. The molecule has 1 aromatic rings. The molecule has 0 spiro atoms. The number of nitrogens with zero attached hydrogens (tertiary/aromatic N) is 4. The van der Waals surface area contributed by atoms with Crippen molar-refractivity contribution in [3.05, 3.63) is 11.9 Å². The molecular weight excluding hydrogens is 238 g/mol. The van der Waals surface area contributed by atoms with Gasteiger partial charge in [0, 0.05) is 31.9 Å². The number of hydrogen-bond donors (Lipinski definition) is 1. The second-order valence-corrected chi connectivity index (χ2v) is 5.83. The van der Waals surface area contributed by atoms with Gasteiger partial charge in [0.25, 0.3) is 0 Å². The average molecular weight is 265 g/mol. The number of likely N-dealkylation sites (tertiary alicyclic amines) is 1. The van der Waals surface area contributed by atoms with E-state index in [-0.39, 0.29) is 0 Å². The van der Waals surface area contributed by atoms with E-state index in [0.29, 0.717) is 6.04 Å². The van der Waals surface area contributed by atoms with Crippen LogP contribution in [0.15, 0.2) is 6.20 Å². The highest BCUT2D eigenvalue weighted by molar-refractivity contribution is 4.91. The SMILES string of the molecule is CCCNCc1cn(CCN2CC(C)CC2C)nn1. The molecule has 0 bridgehead atoms. The third kappa shape index (κ3) is 4.28. The first-order valence-corrected chi connectivity index (χ1v) is 7.52. The van der Waals surface area contributed by atoms with Gasteiger partial charge in [0.2, 0.25) is 0 Å². The molecule has 1 fully saturated rings. The highest BCUT2D eigenvalue weighted by Crippen LogP contribution is 2.21. The van der Waals surface area contributed by atoms with Crippen LogP contribution in [0.4, 0.5) is 0 Å². The highest BCUT2D eigenvalue weighted by atomic mass is 15.4. The zero-order valence-electron chi connectivity index (χ0n) is 12.5. The van der Waals surface area contributed by atoms with Gasteiger partial charge in [-0.3, -0.25) is 9.58 Å². The minimum Gasteiger partial charge on any atom is -0.311 e. The van der Waals surface area contributed by atoms with Gasteiger partial charge in [-0.05, 0) is 32.2 Å². The van der Waals surface area contributed by atoms with Gasteiger partial charge in [0.05, 0.1) is 12.2 Å². The van der Waals surface area contributed by atoms with Crippen LogP contribution in [-0.2, 0) is 13.1 Å². The Hall–Kier alpha value is -0.940. The molecule has 0 saturated carbocycles. The van der Waals surface area contributed by atoms with Crippen molar-refractivity contribution in [3.63, 3.8) is 0 Å². The van der Waals surface area contributed by atoms with Gasteiger partial charge in [0.15, 0.2) is 0 Å². The summed E-state index contributed by atoms with van der Waals surface area (Å²) in [5.74, 6) is 0.833. The van der Waals surface area contributed by atoms with Gasteiger partial charge in [-0.15, -0.1) is 5.10 Å². The zero-order valence-corrected chi connectivity index (χ0v) is 12.5. The minimum atomic E-state index is 0.712. The Morgan fingerprint density at radius 1 is 1.37 bits per heavy atom. The molecule has 108 valence electrons. The molecule has 0 aliphatic carbocycles. The van der Waals surface area contributed by atoms with Gasteiger partial charge >= 0.3 is 0 Å². The number of nitrogens with one attached hydrogen (secondary N) is 1. The third-order valence-electron chi connectivity index (χ3n) is 3.85. The second-order valence-electron chi connectivity index (χ2n) is 5.83. The van der Waals surface area contributed by atoms with Crippen LogP contribution in [0.25, 0.3) is 0 Å². The lowest BCUT2D eigenvalue weighted by Crippen LogP contribution is -2.30. The Kier molecular flexibility index (Phi) is 5.34. The molecule has 0 amide bonds. The quantitative estimate of drug-likeness (QED) is 0.759. The van der Waals surface area contributed by atoms with E-state index in [0.717, 1.165) is 44.2 Å². The number of aromatic nitrogens is 3. The smallest absolute Gasteiger partial charge is 0.0964 e. The van der Waals surface area contributed by atoms with Crippen LogP contribution in [0, 0.1) is 5.92 Å². The Bertz CT molecular complexity index is 376. The van der Waals surface area contributed by atoms with Crippen LogP contribution in [0.1, 0.15) is 39.3 Å². The molecule has 2 unspecified atom stereocenters. The van der Waals surface area contributed by atoms with Gasteiger partial charge in [-0.2, -0.15) is 0 Å². The van der Waals surface area contributed by atoms with Crippen molar-refractivity contribution < 1.29 is 0 Å². The monoisotopic (exact) mass is 265 g/mol. The molecule has 2 rings (SSSR count). The van der Waals surface area contributed by atoms with Gasteiger partial charge in [-0.1, -0.05) is 19.1 Å². The summed E-state index contributed by atoms with van der Waals surface area (Å²) < 4.78 is 1.97. The molecule has 1 aliphatic heterocycles. The van der Waals surface area contributed by atoms with Crippen LogP contribution in [0.5, 0.6) is 0 Å². The maximum Gasteiger partial charge on any atom is 0.0964 e. The molecule has 5 heteroatoms. The fourth-order valence-corrected chi connectivity index (χ4v) is 2.85. The van der Waals surface area contributed by atoms with Crippen LogP contribution >= 0.6 is 0 Å². The number of rotatable bonds is 7. The minimum absolute atomic E-state index is 0.712. The summed E-state index contributed by atoms with van der Waals surface area (Å²) in [6.45, 7) is 11.9. The predicted octanol–water partition coefficient (Wildman–Crippen LogP) is 1.51. The van der Waals surface area contributed by atoms with Crippen molar-refractivity contribution >= 4 is 0 Å². The maximum atomic E-state index is 4.20. The van der Waals surface area contributed by atoms with Crippen molar-refractivity contribution in [2.24, 2.45) is 5.92 Å². The van der Waals surface area contributed by atoms with Gasteiger partial charge in [0.1, 0.15) is 0 Å². The van der Waals surface area contributed by atoms with Gasteiger partial charge in [-0.25, -0.2) is 0 Å². The Morgan fingerprint density at radius 3 is 2.89 bits per heavy atom. The van der Waals surface area contributed by atoms with E-state index in [1.807, 2.05) is 4.68 Å². The topological polar surface area (TPSA) is 46.0 Å². The summed E-state index contributed by atoms with van der Waals surface area (Å²) in [5, 5.41) is 11.7. The van der Waals surface area contributed by atoms with Crippen LogP contribution in [0.3, 0.4) is 0 Å². The maximum absolute atomic E-state index is 4.20. The summed E-state index contributed by atoms with van der Waals surface area (Å²) in [5.41, 5.74) is 1.04. The van der Waals surface area contributed by atoms with Crippen LogP contribution < -0.4 is 5.32 Å². The fourth-order valence-electron chi connectivity index (χ4n) is 2.85. The third-order valence-corrected chi connectivity index (χ3v) is 3.85. The van der Waals surface area contributed by atoms with Crippen LogP contribution in [-0.4, -0.2) is 45.6 Å². The lowest BCUT2D eigenvalue weighted by Gasteiger charge is -2.20. The fraction of sp³-hybridized carbons (Fsp3) is 0.857. The lowest BCUT2D eigenvalue weighted by molar-refractivity contribution is 0.249. The zero-order chi connectivity index (χ0) is 13.7. The van der Waals surface area contributed by atoms with E-state index in [2.05, 4.69) is 47.5 Å². The van der Waals surface area contributed by atoms with Crippen molar-refractivity contribution in [3.8, 4) is 0 Å². The van der Waals surface area contributed by atoms with Crippen molar-refractivity contribution in [2.45, 2.75) is 52.7 Å². The van der Waals surface area contributed by atoms with E-state index in [4.69, 9.17) is 0 Å². The molecule has 2 atom stereocenters. The Morgan fingerprint density at radius 2 is 2.21 bits per heavy atom. The average Bonchev–Trinajstić information content (AvgIpc) is 2.94. The molecule has 1 aromatic heterocycles. The highest BCUT2D eigenvalue weighted by Gasteiger charge is 2.25. The molecule has 1 aliphatic rings. The summed E-state index contributed by atoms with van der Waals surface area (Å²) in [7, 11) is 0. The van der Waals surface area contributed by atoms with Crippen molar-refractivity contribution in [1.29, 1.82) is 0 Å². The van der Waals surface area contributed by atoms with Crippen LogP contribution in [0.2, 0.25) is 0 Å². The molecule has 0 radical (unpaired) electrons. The summed E-state index contributed by atoms with van der Waals surface area (Å²) >= 11 is 0. The molecule has 1 saturated heterocycles. The van der Waals surface area contributed by atoms with E-state index < -0.39 is 0 Å². The molecule has 5 nitrogen and oxygen atoms in total. The summed E-state index contributed by atoms with van der Waals surface area (Å²) in [6, 6.07) is 0.712. The van der Waals surface area contributed by atoms with E-state index in [1.54, 1.807) is 0 Å². The largest absolute Gasteiger partial charge is 0.311 e. The Labute approximate surface area is 116 Å². The first-order chi connectivity index (χ1) is 9.19. The Balaban J connectivity index is 1.74. The molecule has 2 heterocycles. The molecule has 19 heavy (non-hydrogen) atoms. The van der Waals surface area contributed by atoms with E-state index >= 15 is 0 Å². The first-order valence-electron chi connectivity index (χ1n) is 7.52. The standard InChI is InChI=1S/C14H27N5/c1-4-5-15-9-14-11-19(17-16-14)7-6-18-10-12(2)8-13(18)3/h11-13,15H,4-10H2,1-3H3. The normalized spacial score (nSPS) is 24.2. The summed E-state index contributed by atoms with van der Waals surface area (Å²) in [4.78, 5) is 2.56. The number of hydrogen-bond acceptors (Lipinski definition) is 4.